The molecule has 1 atom stereocenters. The van der Waals surface area contributed by atoms with Crippen molar-refractivity contribution in [3.63, 3.8) is 0 Å². The lowest BCUT2D eigenvalue weighted by Gasteiger charge is -2.34. The Balaban J connectivity index is 2.00. The van der Waals surface area contributed by atoms with Gasteiger partial charge in [-0.05, 0) is 61.9 Å². The van der Waals surface area contributed by atoms with Crippen LogP contribution in [0.15, 0.2) is 72.1 Å². The number of carbonyl (C=O) groups is 3. The van der Waals surface area contributed by atoms with Gasteiger partial charge < -0.3 is 10.6 Å². The molecule has 0 bridgehead atoms. The second kappa shape index (κ2) is 11.1. The molecule has 34 heavy (non-hydrogen) atoms. The van der Waals surface area contributed by atoms with Gasteiger partial charge >= 0.3 is 0 Å². The summed E-state index contributed by atoms with van der Waals surface area (Å²) in [4.78, 5) is 41.6. The van der Waals surface area contributed by atoms with E-state index in [1.54, 1.807) is 17.5 Å². The Bertz CT molecular complexity index is 1100. The van der Waals surface area contributed by atoms with Crippen LogP contribution < -0.4 is 15.5 Å². The number of benzene rings is 2. The summed E-state index contributed by atoms with van der Waals surface area (Å²) in [5, 5.41) is 7.52. The van der Waals surface area contributed by atoms with Crippen molar-refractivity contribution >= 4 is 34.7 Å². The zero-order valence-electron chi connectivity index (χ0n) is 20.0. The van der Waals surface area contributed by atoms with Crippen LogP contribution in [0.2, 0.25) is 0 Å². The highest BCUT2D eigenvalue weighted by Crippen LogP contribution is 2.29. The largest absolute Gasteiger partial charge is 0.349 e. The van der Waals surface area contributed by atoms with Crippen molar-refractivity contribution in [3.05, 3.63) is 88.1 Å². The van der Waals surface area contributed by atoms with Crippen molar-refractivity contribution in [2.24, 2.45) is 0 Å². The first-order valence-corrected chi connectivity index (χ1v) is 12.2. The van der Waals surface area contributed by atoms with Crippen LogP contribution in [0.25, 0.3) is 0 Å². The fourth-order valence-corrected chi connectivity index (χ4v) is 4.20. The maximum Gasteiger partial charge on any atom is 0.261 e. The van der Waals surface area contributed by atoms with E-state index in [4.69, 9.17) is 0 Å². The number of amides is 3. The zero-order valence-corrected chi connectivity index (χ0v) is 20.8. The highest BCUT2D eigenvalue weighted by Gasteiger charge is 2.34. The van der Waals surface area contributed by atoms with E-state index in [0.717, 1.165) is 12.0 Å². The number of hydrogen-bond acceptors (Lipinski definition) is 4. The van der Waals surface area contributed by atoms with Gasteiger partial charge in [0.1, 0.15) is 6.04 Å². The average Bonchev–Trinajstić information content (AvgIpc) is 3.35. The summed E-state index contributed by atoms with van der Waals surface area (Å²) in [5.41, 5.74) is 1.91. The minimum absolute atomic E-state index is 0.238. The minimum Gasteiger partial charge on any atom is -0.349 e. The van der Waals surface area contributed by atoms with E-state index < -0.39 is 11.6 Å². The van der Waals surface area contributed by atoms with Crippen LogP contribution >= 0.6 is 11.3 Å². The molecule has 0 aliphatic carbocycles. The van der Waals surface area contributed by atoms with E-state index in [2.05, 4.69) is 17.6 Å². The maximum atomic E-state index is 13.6. The van der Waals surface area contributed by atoms with Crippen LogP contribution in [0.5, 0.6) is 0 Å². The number of hydrogen-bond donors (Lipinski definition) is 2. The highest BCUT2D eigenvalue weighted by molar-refractivity contribution is 7.12. The number of anilines is 1. The van der Waals surface area contributed by atoms with Crippen LogP contribution in [-0.4, -0.2) is 29.8 Å². The Morgan fingerprint density at radius 1 is 0.941 bits per heavy atom. The van der Waals surface area contributed by atoms with Gasteiger partial charge in [0, 0.05) is 11.2 Å². The molecule has 0 aliphatic rings. The van der Waals surface area contributed by atoms with Gasteiger partial charge in [0.2, 0.25) is 11.8 Å². The van der Waals surface area contributed by atoms with E-state index in [-0.39, 0.29) is 24.3 Å². The van der Waals surface area contributed by atoms with Crippen LogP contribution in [0.1, 0.15) is 54.5 Å². The molecule has 0 saturated carbocycles. The molecule has 0 aliphatic heterocycles. The van der Waals surface area contributed by atoms with Crippen LogP contribution in [0.4, 0.5) is 5.69 Å². The van der Waals surface area contributed by atoms with Crippen LogP contribution in [0, 0.1) is 0 Å². The van der Waals surface area contributed by atoms with Gasteiger partial charge in [0.05, 0.1) is 11.4 Å². The summed E-state index contributed by atoms with van der Waals surface area (Å²) < 4.78 is 0. The molecule has 0 saturated heterocycles. The molecule has 0 unspecified atom stereocenters. The second-order valence-electron chi connectivity index (χ2n) is 9.00. The van der Waals surface area contributed by atoms with Crippen molar-refractivity contribution in [2.45, 2.75) is 45.7 Å². The lowest BCUT2D eigenvalue weighted by molar-refractivity contribution is -0.127. The van der Waals surface area contributed by atoms with E-state index >= 15 is 0 Å². The number of nitrogens with one attached hydrogen (secondary N) is 2. The molecule has 2 N–H and O–H groups in total. The third kappa shape index (κ3) is 6.54. The summed E-state index contributed by atoms with van der Waals surface area (Å²) in [5.74, 6) is -0.997. The van der Waals surface area contributed by atoms with E-state index in [0.29, 0.717) is 16.1 Å². The molecule has 0 spiro atoms. The Morgan fingerprint density at radius 2 is 1.62 bits per heavy atom. The first-order valence-electron chi connectivity index (χ1n) is 11.3. The SMILES string of the molecule is CCc1ccc(N(C(=O)CNC(=O)c2cccs2)[C@H](C(=O)NC(C)(C)C)c2ccccc2)cc1. The van der Waals surface area contributed by atoms with Gasteiger partial charge in [-0.2, -0.15) is 0 Å². The second-order valence-corrected chi connectivity index (χ2v) is 9.94. The smallest absolute Gasteiger partial charge is 0.261 e. The minimum atomic E-state index is -0.904. The van der Waals surface area contributed by atoms with Crippen molar-refractivity contribution in [2.75, 3.05) is 11.4 Å². The average molecular weight is 478 g/mol. The molecule has 178 valence electrons. The molecule has 3 amide bonds. The molecule has 2 aromatic carbocycles. The first kappa shape index (κ1) is 25.2. The van der Waals surface area contributed by atoms with Gasteiger partial charge in [-0.1, -0.05) is 55.5 Å². The predicted octanol–water partition coefficient (Wildman–Crippen LogP) is 4.73. The molecule has 3 aromatic rings. The Labute approximate surface area is 205 Å². The molecule has 3 rings (SSSR count). The number of rotatable bonds is 8. The zero-order chi connectivity index (χ0) is 24.7. The fourth-order valence-electron chi connectivity index (χ4n) is 3.56. The van der Waals surface area contributed by atoms with Crippen LogP contribution in [0.3, 0.4) is 0 Å². The predicted molar refractivity (Wildman–Crippen MR) is 137 cm³/mol. The monoisotopic (exact) mass is 477 g/mol. The fraction of sp³-hybridized carbons (Fsp3) is 0.296. The lowest BCUT2D eigenvalue weighted by atomic mass is 10.0. The molecule has 7 heteroatoms. The summed E-state index contributed by atoms with van der Waals surface area (Å²) in [6.07, 6.45) is 0.859. The highest BCUT2D eigenvalue weighted by atomic mass is 32.1. The van der Waals surface area contributed by atoms with E-state index in [1.807, 2.05) is 75.4 Å². The standard InChI is InChI=1S/C27H31N3O3S/c1-5-19-13-15-21(16-14-19)30(23(31)18-28-25(32)22-12-9-17-34-22)24(20-10-7-6-8-11-20)26(33)29-27(2,3)4/h6-17,24H,5,18H2,1-4H3,(H,28,32)(H,29,33)/t24-/m0/s1. The lowest BCUT2D eigenvalue weighted by Crippen LogP contribution is -2.51. The third-order valence-corrected chi connectivity index (χ3v) is 6.03. The quantitative estimate of drug-likeness (QED) is 0.492. The molecule has 1 aromatic heterocycles. The Hall–Kier alpha value is -3.45. The summed E-state index contributed by atoms with van der Waals surface area (Å²) in [6.45, 7) is 7.52. The molecule has 0 radical (unpaired) electrons. The van der Waals surface area contributed by atoms with Crippen LogP contribution in [-0.2, 0) is 16.0 Å². The molecule has 0 fully saturated rings. The van der Waals surface area contributed by atoms with Crippen molar-refractivity contribution in [1.82, 2.24) is 10.6 Å². The summed E-state index contributed by atoms with van der Waals surface area (Å²) >= 11 is 1.30. The summed E-state index contributed by atoms with van der Waals surface area (Å²) in [7, 11) is 0. The van der Waals surface area contributed by atoms with Crippen molar-refractivity contribution in [3.8, 4) is 0 Å². The van der Waals surface area contributed by atoms with Gasteiger partial charge in [0.15, 0.2) is 0 Å². The number of carbonyl (C=O) groups excluding carboxylic acids is 3. The Kier molecular flexibility index (Phi) is 8.23. The Morgan fingerprint density at radius 3 is 2.18 bits per heavy atom. The van der Waals surface area contributed by atoms with Gasteiger partial charge in [-0.25, -0.2) is 0 Å². The molecular formula is C27H31N3O3S. The van der Waals surface area contributed by atoms with Gasteiger partial charge in [-0.15, -0.1) is 11.3 Å². The van der Waals surface area contributed by atoms with Crippen molar-refractivity contribution < 1.29 is 14.4 Å². The normalized spacial score (nSPS) is 12.0. The van der Waals surface area contributed by atoms with E-state index in [1.165, 1.54) is 16.2 Å². The number of aryl methyl sites for hydroxylation is 1. The summed E-state index contributed by atoms with van der Waals surface area (Å²) in [6, 6.07) is 19.4. The maximum absolute atomic E-state index is 13.6. The topological polar surface area (TPSA) is 78.5 Å². The third-order valence-electron chi connectivity index (χ3n) is 5.16. The molecular weight excluding hydrogens is 446 g/mol. The molecule has 1 heterocycles. The van der Waals surface area contributed by atoms with Gasteiger partial charge in [-0.3, -0.25) is 19.3 Å². The number of thiophene rings is 1. The number of nitrogens with zero attached hydrogens (tertiary/aromatic N) is 1. The van der Waals surface area contributed by atoms with Gasteiger partial charge in [0.25, 0.3) is 5.91 Å². The van der Waals surface area contributed by atoms with Crippen molar-refractivity contribution in [1.29, 1.82) is 0 Å². The van der Waals surface area contributed by atoms with E-state index in [9.17, 15) is 14.4 Å². The molecule has 6 nitrogen and oxygen atoms in total. The first-order chi connectivity index (χ1) is 16.2.